The van der Waals surface area contributed by atoms with Crippen LogP contribution in [0.3, 0.4) is 0 Å². The molecule has 3 nitrogen and oxygen atoms in total. The van der Waals surface area contributed by atoms with Crippen LogP contribution in [0, 0.1) is 0 Å². The molecule has 12 rings (SSSR count). The van der Waals surface area contributed by atoms with Gasteiger partial charge in [-0.15, -0.1) is 0 Å². The van der Waals surface area contributed by atoms with Gasteiger partial charge in [0.1, 0.15) is 0 Å². The number of hydrogen-bond acceptors (Lipinski definition) is 3. The van der Waals surface area contributed by atoms with E-state index in [-0.39, 0.29) is 0 Å². The monoisotopic (exact) mass is 917 g/mol. The van der Waals surface area contributed by atoms with Gasteiger partial charge < -0.3 is 0 Å². The van der Waals surface area contributed by atoms with Gasteiger partial charge in [0.2, 0.25) is 0 Å². The van der Waals surface area contributed by atoms with Gasteiger partial charge in [-0.25, -0.2) is 15.0 Å². The van der Waals surface area contributed by atoms with Gasteiger partial charge >= 0.3 is 0 Å². The van der Waals surface area contributed by atoms with Crippen LogP contribution in [0.25, 0.3) is 123 Å². The van der Waals surface area contributed by atoms with E-state index in [1.807, 2.05) is 6.07 Å². The second kappa shape index (κ2) is 19.8. The minimum atomic E-state index is 0.609. The molecule has 11 aromatic carbocycles. The number of hydrogen-bond donors (Lipinski definition) is 0. The molecule has 0 aliphatic carbocycles. The fourth-order valence-corrected chi connectivity index (χ4v) is 9.54. The second-order valence-corrected chi connectivity index (χ2v) is 18.0. The summed E-state index contributed by atoms with van der Waals surface area (Å²) in [6.07, 6.45) is 0. The highest BCUT2D eigenvalue weighted by Crippen LogP contribution is 2.35. The van der Waals surface area contributed by atoms with Crippen molar-refractivity contribution in [3.05, 3.63) is 285 Å². The summed E-state index contributed by atoms with van der Waals surface area (Å²) >= 11 is 0. The quantitative estimate of drug-likeness (QED) is 0.130. The first-order chi connectivity index (χ1) is 35.6. The molecule has 0 radical (unpaired) electrons. The zero-order valence-electron chi connectivity index (χ0n) is 39.5. The van der Waals surface area contributed by atoms with Gasteiger partial charge in [-0.2, -0.15) is 0 Å². The Kier molecular flexibility index (Phi) is 12.0. The molecule has 338 valence electrons. The van der Waals surface area contributed by atoms with Crippen molar-refractivity contribution in [2.24, 2.45) is 0 Å². The Balaban J connectivity index is 0.863. The molecule has 72 heavy (non-hydrogen) atoms. The summed E-state index contributed by atoms with van der Waals surface area (Å²) in [6, 6.07) is 101. The molecule has 0 spiro atoms. The second-order valence-electron chi connectivity index (χ2n) is 18.0. The van der Waals surface area contributed by atoms with E-state index in [0.29, 0.717) is 17.5 Å². The molecular formula is C69H47N3. The molecule has 12 aromatic rings. The van der Waals surface area contributed by atoms with Gasteiger partial charge in [0, 0.05) is 16.7 Å². The molecule has 1 heterocycles. The maximum absolute atomic E-state index is 5.23. The average Bonchev–Trinajstić information content (AvgIpc) is 3.48. The van der Waals surface area contributed by atoms with E-state index in [1.165, 1.54) is 44.5 Å². The van der Waals surface area contributed by atoms with Gasteiger partial charge in [0.25, 0.3) is 0 Å². The van der Waals surface area contributed by atoms with Crippen molar-refractivity contribution in [3.8, 4) is 123 Å². The van der Waals surface area contributed by atoms with Crippen LogP contribution in [0.15, 0.2) is 285 Å². The summed E-state index contributed by atoms with van der Waals surface area (Å²) in [5.41, 5.74) is 21.2. The first kappa shape index (κ1) is 43.7. The van der Waals surface area contributed by atoms with Crippen molar-refractivity contribution < 1.29 is 0 Å². The lowest BCUT2D eigenvalue weighted by molar-refractivity contribution is 1.07. The fourth-order valence-electron chi connectivity index (χ4n) is 9.54. The van der Waals surface area contributed by atoms with E-state index in [0.717, 1.165) is 61.2 Å². The van der Waals surface area contributed by atoms with Crippen LogP contribution < -0.4 is 0 Å². The van der Waals surface area contributed by atoms with Crippen molar-refractivity contribution in [2.75, 3.05) is 0 Å². The van der Waals surface area contributed by atoms with Crippen LogP contribution in [-0.4, -0.2) is 15.0 Å². The predicted molar refractivity (Wildman–Crippen MR) is 300 cm³/mol. The van der Waals surface area contributed by atoms with E-state index < -0.39 is 0 Å². The SMILES string of the molecule is c1ccc(-c2cccc(-c3cccc(-c4ccc(-c5cccc(-c6cccc(-c7nc(-c8cccc(-c9ccccc9)c8)nc(-c8cccc(-c9cccc(-c%10ccccc%10)c9)c8)n7)c6)c5)cc4)c3)c2)cc1. The van der Waals surface area contributed by atoms with Gasteiger partial charge in [-0.3, -0.25) is 0 Å². The van der Waals surface area contributed by atoms with Crippen LogP contribution in [-0.2, 0) is 0 Å². The Morgan fingerprint density at radius 2 is 0.278 bits per heavy atom. The Bertz CT molecular complexity index is 3850. The first-order valence-electron chi connectivity index (χ1n) is 24.4. The molecular weight excluding hydrogens is 871 g/mol. The molecule has 0 atom stereocenters. The zero-order valence-corrected chi connectivity index (χ0v) is 39.5. The Labute approximate surface area is 421 Å². The largest absolute Gasteiger partial charge is 0.208 e. The molecule has 0 aliphatic rings. The lowest BCUT2D eigenvalue weighted by Crippen LogP contribution is -2.00. The number of nitrogens with zero attached hydrogens (tertiary/aromatic N) is 3. The lowest BCUT2D eigenvalue weighted by atomic mass is 9.94. The highest BCUT2D eigenvalue weighted by Gasteiger charge is 2.16. The third-order valence-corrected chi connectivity index (χ3v) is 13.3. The number of aromatic nitrogens is 3. The van der Waals surface area contributed by atoms with Crippen molar-refractivity contribution in [1.29, 1.82) is 0 Å². The molecule has 3 heteroatoms. The smallest absolute Gasteiger partial charge is 0.164 e. The van der Waals surface area contributed by atoms with Crippen molar-refractivity contribution in [2.45, 2.75) is 0 Å². The molecule has 0 fully saturated rings. The van der Waals surface area contributed by atoms with E-state index in [4.69, 9.17) is 15.0 Å². The molecule has 0 unspecified atom stereocenters. The summed E-state index contributed by atoms with van der Waals surface area (Å²) in [5, 5.41) is 0. The minimum absolute atomic E-state index is 0.609. The minimum Gasteiger partial charge on any atom is -0.208 e. The van der Waals surface area contributed by atoms with E-state index in [2.05, 4.69) is 279 Å². The zero-order chi connectivity index (χ0) is 48.1. The summed E-state index contributed by atoms with van der Waals surface area (Å²) in [4.78, 5) is 15.6. The highest BCUT2D eigenvalue weighted by atomic mass is 15.0. The number of rotatable bonds is 11. The Morgan fingerprint density at radius 3 is 0.500 bits per heavy atom. The van der Waals surface area contributed by atoms with E-state index in [9.17, 15) is 0 Å². The summed E-state index contributed by atoms with van der Waals surface area (Å²) < 4.78 is 0. The van der Waals surface area contributed by atoms with Gasteiger partial charge in [0.15, 0.2) is 17.5 Å². The average molecular weight is 918 g/mol. The maximum atomic E-state index is 5.23. The Hall–Kier alpha value is -9.57. The van der Waals surface area contributed by atoms with Crippen LogP contribution in [0.4, 0.5) is 0 Å². The molecule has 1 aromatic heterocycles. The standard InChI is InChI=1S/C69H47N3/c1-4-17-48(18-5-1)53-23-10-28-58(41-53)59-29-12-25-55(43-59)51-37-39-52(40-38-51)56-26-13-31-61(44-56)63-33-16-36-66(47-63)69-71-67(64-34-14-27-57(45-64)50-21-8-3-9-22-50)70-68(72-69)65-35-15-32-62(46-65)60-30-11-24-54(42-60)49-19-6-2-7-20-49/h1-47H. The van der Waals surface area contributed by atoms with Crippen LogP contribution in [0.5, 0.6) is 0 Å². The summed E-state index contributed by atoms with van der Waals surface area (Å²) in [5.74, 6) is 1.84. The molecule has 0 bridgehead atoms. The van der Waals surface area contributed by atoms with Gasteiger partial charge in [0.05, 0.1) is 0 Å². The van der Waals surface area contributed by atoms with E-state index in [1.54, 1.807) is 0 Å². The maximum Gasteiger partial charge on any atom is 0.164 e. The molecule has 0 N–H and O–H groups in total. The van der Waals surface area contributed by atoms with Crippen LogP contribution in [0.2, 0.25) is 0 Å². The van der Waals surface area contributed by atoms with Crippen LogP contribution >= 0.6 is 0 Å². The fraction of sp³-hybridized carbons (Fsp3) is 0. The molecule has 0 saturated heterocycles. The summed E-state index contributed by atoms with van der Waals surface area (Å²) in [7, 11) is 0. The third-order valence-electron chi connectivity index (χ3n) is 13.3. The summed E-state index contributed by atoms with van der Waals surface area (Å²) in [6.45, 7) is 0. The third kappa shape index (κ3) is 9.43. The molecule has 0 saturated carbocycles. The van der Waals surface area contributed by atoms with Crippen molar-refractivity contribution >= 4 is 0 Å². The van der Waals surface area contributed by atoms with Crippen molar-refractivity contribution in [1.82, 2.24) is 15.0 Å². The highest BCUT2D eigenvalue weighted by molar-refractivity contribution is 5.82. The normalized spacial score (nSPS) is 11.1. The Morgan fingerprint density at radius 1 is 0.125 bits per heavy atom. The lowest BCUT2D eigenvalue weighted by Gasteiger charge is -2.12. The number of benzene rings is 11. The van der Waals surface area contributed by atoms with Crippen molar-refractivity contribution in [3.63, 3.8) is 0 Å². The predicted octanol–water partition coefficient (Wildman–Crippen LogP) is 18.2. The molecule has 0 aliphatic heterocycles. The molecule has 0 amide bonds. The van der Waals surface area contributed by atoms with Crippen LogP contribution in [0.1, 0.15) is 0 Å². The van der Waals surface area contributed by atoms with Gasteiger partial charge in [-0.05, 0) is 131 Å². The topological polar surface area (TPSA) is 38.7 Å². The van der Waals surface area contributed by atoms with Gasteiger partial charge in [-0.1, -0.05) is 243 Å². The first-order valence-corrected chi connectivity index (χ1v) is 24.4. The van der Waals surface area contributed by atoms with E-state index >= 15 is 0 Å².